The van der Waals surface area contributed by atoms with Gasteiger partial charge in [0.25, 0.3) is 5.91 Å². The van der Waals surface area contributed by atoms with E-state index in [1.807, 2.05) is 7.05 Å². The molecule has 0 radical (unpaired) electrons. The Morgan fingerprint density at radius 3 is 2.67 bits per heavy atom. The quantitative estimate of drug-likeness (QED) is 0.868. The molecule has 1 fully saturated rings. The molecular formula is C19H23ClF2N4O. The van der Waals surface area contributed by atoms with Gasteiger partial charge in [-0.05, 0) is 57.3 Å². The molecule has 1 aromatic heterocycles. The highest BCUT2D eigenvalue weighted by atomic mass is 35.5. The van der Waals surface area contributed by atoms with E-state index in [-0.39, 0.29) is 24.4 Å². The summed E-state index contributed by atoms with van der Waals surface area (Å²) in [4.78, 5) is 14.9. The molecule has 4 rings (SSSR count). The van der Waals surface area contributed by atoms with Crippen LogP contribution in [0.1, 0.15) is 41.0 Å². The van der Waals surface area contributed by atoms with Crippen molar-refractivity contribution in [3.05, 3.63) is 46.8 Å². The fourth-order valence-corrected chi connectivity index (χ4v) is 3.97. The summed E-state index contributed by atoms with van der Waals surface area (Å²) in [5, 5.41) is 7.81. The molecule has 1 saturated heterocycles. The van der Waals surface area contributed by atoms with Gasteiger partial charge in [0.1, 0.15) is 0 Å². The van der Waals surface area contributed by atoms with Crippen molar-refractivity contribution in [2.24, 2.45) is 0 Å². The largest absolute Gasteiger partial charge is 0.337 e. The van der Waals surface area contributed by atoms with E-state index >= 15 is 0 Å². The van der Waals surface area contributed by atoms with E-state index < -0.39 is 11.6 Å². The molecule has 0 saturated carbocycles. The van der Waals surface area contributed by atoms with E-state index in [9.17, 15) is 13.6 Å². The molecule has 27 heavy (non-hydrogen) atoms. The number of fused-ring (bicyclic) bond motifs is 1. The highest BCUT2D eigenvalue weighted by Crippen LogP contribution is 2.29. The molecule has 5 nitrogen and oxygen atoms in total. The SMILES string of the molecule is CN(C(=O)c1nn(-c2ccc(F)c(F)c2)c2c1CCC2)C1CCNCC1.Cl. The van der Waals surface area contributed by atoms with Gasteiger partial charge in [0, 0.05) is 30.4 Å². The third-order valence-electron chi connectivity index (χ3n) is 5.46. The van der Waals surface area contributed by atoms with Crippen molar-refractivity contribution in [1.82, 2.24) is 20.0 Å². The van der Waals surface area contributed by atoms with Gasteiger partial charge in [0.15, 0.2) is 17.3 Å². The lowest BCUT2D eigenvalue weighted by atomic mass is 10.0. The maximum absolute atomic E-state index is 13.7. The lowest BCUT2D eigenvalue weighted by Gasteiger charge is -2.31. The summed E-state index contributed by atoms with van der Waals surface area (Å²) in [6, 6.07) is 3.92. The first kappa shape index (κ1) is 19.8. The summed E-state index contributed by atoms with van der Waals surface area (Å²) in [5.41, 5.74) is 2.77. The highest BCUT2D eigenvalue weighted by Gasteiger charge is 2.31. The van der Waals surface area contributed by atoms with Crippen molar-refractivity contribution in [1.29, 1.82) is 0 Å². The van der Waals surface area contributed by atoms with E-state index in [0.29, 0.717) is 11.4 Å². The molecule has 2 aliphatic rings. The number of carbonyl (C=O) groups is 1. The van der Waals surface area contributed by atoms with Crippen LogP contribution in [-0.2, 0) is 12.8 Å². The summed E-state index contributed by atoms with van der Waals surface area (Å²) >= 11 is 0. The van der Waals surface area contributed by atoms with Crippen molar-refractivity contribution >= 4 is 18.3 Å². The number of nitrogens with one attached hydrogen (secondary N) is 1. The normalized spacial score (nSPS) is 16.7. The van der Waals surface area contributed by atoms with E-state index in [4.69, 9.17) is 0 Å². The van der Waals surface area contributed by atoms with Crippen LogP contribution in [0.15, 0.2) is 18.2 Å². The van der Waals surface area contributed by atoms with Crippen LogP contribution in [0.5, 0.6) is 0 Å². The maximum Gasteiger partial charge on any atom is 0.274 e. The Kier molecular flexibility index (Phi) is 5.81. The van der Waals surface area contributed by atoms with Gasteiger partial charge in [-0.2, -0.15) is 5.10 Å². The number of benzene rings is 1. The molecule has 0 spiro atoms. The van der Waals surface area contributed by atoms with Crippen molar-refractivity contribution < 1.29 is 13.6 Å². The predicted octanol–water partition coefficient (Wildman–Crippen LogP) is 2.89. The highest BCUT2D eigenvalue weighted by molar-refractivity contribution is 5.94. The van der Waals surface area contributed by atoms with Gasteiger partial charge in [-0.25, -0.2) is 13.5 Å². The van der Waals surface area contributed by atoms with E-state index in [2.05, 4.69) is 10.4 Å². The molecule has 1 aromatic carbocycles. The summed E-state index contributed by atoms with van der Waals surface area (Å²) in [5.74, 6) is -1.89. The number of halogens is 3. The fraction of sp³-hybridized carbons (Fsp3) is 0.474. The predicted molar refractivity (Wildman–Crippen MR) is 101 cm³/mol. The summed E-state index contributed by atoms with van der Waals surface area (Å²) < 4.78 is 28.5. The minimum Gasteiger partial charge on any atom is -0.337 e. The minimum atomic E-state index is -0.913. The van der Waals surface area contributed by atoms with Crippen LogP contribution < -0.4 is 5.32 Å². The molecule has 1 aliphatic heterocycles. The van der Waals surface area contributed by atoms with Crippen molar-refractivity contribution in [2.45, 2.75) is 38.1 Å². The first-order valence-corrected chi connectivity index (χ1v) is 9.10. The van der Waals surface area contributed by atoms with E-state index in [1.54, 1.807) is 9.58 Å². The van der Waals surface area contributed by atoms with Crippen LogP contribution in [0, 0.1) is 11.6 Å². The molecule has 146 valence electrons. The van der Waals surface area contributed by atoms with Gasteiger partial charge >= 0.3 is 0 Å². The van der Waals surface area contributed by atoms with Crippen molar-refractivity contribution in [3.8, 4) is 5.69 Å². The van der Waals surface area contributed by atoms with Crippen LogP contribution >= 0.6 is 12.4 Å². The first-order chi connectivity index (χ1) is 12.6. The van der Waals surface area contributed by atoms with E-state index in [1.165, 1.54) is 6.07 Å². The topological polar surface area (TPSA) is 50.2 Å². The second kappa shape index (κ2) is 7.94. The second-order valence-corrected chi connectivity index (χ2v) is 7.03. The molecule has 0 bridgehead atoms. The third kappa shape index (κ3) is 3.58. The summed E-state index contributed by atoms with van der Waals surface area (Å²) in [7, 11) is 1.83. The third-order valence-corrected chi connectivity index (χ3v) is 5.46. The Hall–Kier alpha value is -1.99. The van der Waals surface area contributed by atoms with Gasteiger partial charge in [0.2, 0.25) is 0 Å². The summed E-state index contributed by atoms with van der Waals surface area (Å²) in [6.07, 6.45) is 4.36. The number of amides is 1. The number of aromatic nitrogens is 2. The lowest BCUT2D eigenvalue weighted by molar-refractivity contribution is 0.0695. The zero-order valence-electron chi connectivity index (χ0n) is 15.2. The van der Waals surface area contributed by atoms with Crippen LogP contribution in [0.3, 0.4) is 0 Å². The fourth-order valence-electron chi connectivity index (χ4n) is 3.97. The number of carbonyl (C=O) groups excluding carboxylic acids is 1. The minimum absolute atomic E-state index is 0. The standard InChI is InChI=1S/C19H22F2N4O.ClH/c1-24(12-7-9-22-10-8-12)19(26)18-14-3-2-4-17(14)25(23-18)13-5-6-15(20)16(21)11-13;/h5-6,11-12,22H,2-4,7-10H2,1H3;1H. The zero-order valence-corrected chi connectivity index (χ0v) is 16.0. The lowest BCUT2D eigenvalue weighted by Crippen LogP contribution is -2.44. The molecular weight excluding hydrogens is 374 g/mol. The van der Waals surface area contributed by atoms with Crippen LogP contribution in [0.4, 0.5) is 8.78 Å². The molecule has 1 N–H and O–H groups in total. The molecule has 0 atom stereocenters. The van der Waals surface area contributed by atoms with Crippen molar-refractivity contribution in [2.75, 3.05) is 20.1 Å². The Balaban J connectivity index is 0.00000210. The average Bonchev–Trinajstić information content (AvgIpc) is 3.26. The number of hydrogen-bond donors (Lipinski definition) is 1. The molecule has 2 aromatic rings. The number of hydrogen-bond acceptors (Lipinski definition) is 3. The maximum atomic E-state index is 13.7. The Morgan fingerprint density at radius 2 is 1.96 bits per heavy atom. The second-order valence-electron chi connectivity index (χ2n) is 7.03. The first-order valence-electron chi connectivity index (χ1n) is 9.10. The Bertz CT molecular complexity index is 848. The molecule has 1 amide bonds. The number of piperidine rings is 1. The molecule has 1 aliphatic carbocycles. The van der Waals surface area contributed by atoms with Gasteiger partial charge in [-0.1, -0.05) is 0 Å². The van der Waals surface area contributed by atoms with Gasteiger partial charge in [-0.15, -0.1) is 12.4 Å². The average molecular weight is 397 g/mol. The molecule has 8 heteroatoms. The van der Waals surface area contributed by atoms with Crippen molar-refractivity contribution in [3.63, 3.8) is 0 Å². The van der Waals surface area contributed by atoms with Crippen LogP contribution in [0.2, 0.25) is 0 Å². The Morgan fingerprint density at radius 1 is 1.22 bits per heavy atom. The van der Waals surface area contributed by atoms with Gasteiger partial charge < -0.3 is 10.2 Å². The zero-order chi connectivity index (χ0) is 18.3. The summed E-state index contributed by atoms with van der Waals surface area (Å²) in [6.45, 7) is 1.81. The van der Waals surface area contributed by atoms with Gasteiger partial charge in [0.05, 0.1) is 5.69 Å². The number of rotatable bonds is 3. The monoisotopic (exact) mass is 396 g/mol. The number of nitrogens with zero attached hydrogens (tertiary/aromatic N) is 3. The van der Waals surface area contributed by atoms with Crippen LogP contribution in [-0.4, -0.2) is 46.8 Å². The Labute approximate surface area is 163 Å². The van der Waals surface area contributed by atoms with Gasteiger partial charge in [-0.3, -0.25) is 4.79 Å². The van der Waals surface area contributed by atoms with E-state index in [0.717, 1.165) is 68.6 Å². The molecule has 2 heterocycles. The molecule has 0 unspecified atom stereocenters. The van der Waals surface area contributed by atoms with Crippen LogP contribution in [0.25, 0.3) is 5.69 Å². The smallest absolute Gasteiger partial charge is 0.274 e.